The molecule has 3 heteroatoms. The van der Waals surface area contributed by atoms with Gasteiger partial charge in [-0.05, 0) is 38.5 Å². The molecule has 0 radical (unpaired) electrons. The highest BCUT2D eigenvalue weighted by Gasteiger charge is 2.31. The van der Waals surface area contributed by atoms with Crippen LogP contribution in [0.15, 0.2) is 6.20 Å². The van der Waals surface area contributed by atoms with Gasteiger partial charge in [0.1, 0.15) is 0 Å². The Balaban J connectivity index is 1.85. The Bertz CT molecular complexity index is 428. The summed E-state index contributed by atoms with van der Waals surface area (Å²) in [6.07, 6.45) is 11.9. The molecule has 1 aromatic rings. The van der Waals surface area contributed by atoms with Crippen molar-refractivity contribution in [1.82, 2.24) is 9.78 Å². The molecule has 0 amide bonds. The number of rotatable bonds is 4. The third-order valence-electron chi connectivity index (χ3n) is 4.63. The highest BCUT2D eigenvalue weighted by molar-refractivity contribution is 5.76. The summed E-state index contributed by atoms with van der Waals surface area (Å²) in [7, 11) is 0. The van der Waals surface area contributed by atoms with Crippen molar-refractivity contribution in [2.75, 3.05) is 0 Å². The molecule has 0 aliphatic heterocycles. The van der Waals surface area contributed by atoms with Crippen LogP contribution in [0.1, 0.15) is 79.9 Å². The number of carbonyl (C=O) groups excluding carboxylic acids is 1. The Kier molecular flexibility index (Phi) is 3.23. The van der Waals surface area contributed by atoms with E-state index >= 15 is 0 Å². The van der Waals surface area contributed by atoms with Gasteiger partial charge in [-0.25, -0.2) is 0 Å². The molecule has 1 unspecified atom stereocenters. The second-order valence-electron chi connectivity index (χ2n) is 5.98. The highest BCUT2D eigenvalue weighted by Crippen LogP contribution is 2.40. The topological polar surface area (TPSA) is 34.9 Å². The molecule has 2 saturated carbocycles. The third-order valence-corrected chi connectivity index (χ3v) is 4.63. The van der Waals surface area contributed by atoms with Gasteiger partial charge in [0.05, 0.1) is 17.3 Å². The molecule has 2 fully saturated rings. The normalized spacial score (nSPS) is 22.9. The van der Waals surface area contributed by atoms with Crippen molar-refractivity contribution >= 4 is 6.29 Å². The molecule has 0 aromatic carbocycles. The van der Waals surface area contributed by atoms with Crippen LogP contribution in [0.25, 0.3) is 0 Å². The van der Waals surface area contributed by atoms with Crippen molar-refractivity contribution in [1.29, 1.82) is 0 Å². The third kappa shape index (κ3) is 2.23. The zero-order valence-electron chi connectivity index (χ0n) is 11.1. The van der Waals surface area contributed by atoms with E-state index < -0.39 is 0 Å². The second-order valence-corrected chi connectivity index (χ2v) is 5.98. The number of nitrogens with zero attached hydrogens (tertiary/aromatic N) is 2. The number of hydrogen-bond acceptors (Lipinski definition) is 2. The molecule has 3 rings (SSSR count). The van der Waals surface area contributed by atoms with Gasteiger partial charge in [0.2, 0.25) is 0 Å². The van der Waals surface area contributed by atoms with Crippen LogP contribution in [0.5, 0.6) is 0 Å². The number of carbonyl (C=O) groups is 1. The van der Waals surface area contributed by atoms with E-state index in [0.29, 0.717) is 12.0 Å². The van der Waals surface area contributed by atoms with Crippen LogP contribution in [-0.2, 0) is 0 Å². The monoisotopic (exact) mass is 246 g/mol. The minimum atomic E-state index is 0.459. The summed E-state index contributed by atoms with van der Waals surface area (Å²) >= 11 is 0. The van der Waals surface area contributed by atoms with Crippen LogP contribution in [0.4, 0.5) is 0 Å². The summed E-state index contributed by atoms with van der Waals surface area (Å²) in [5, 5.41) is 4.75. The Morgan fingerprint density at radius 1 is 1.28 bits per heavy atom. The molecule has 18 heavy (non-hydrogen) atoms. The molecular weight excluding hydrogens is 224 g/mol. The summed E-state index contributed by atoms with van der Waals surface area (Å²) in [6.45, 7) is 2.23. The van der Waals surface area contributed by atoms with Crippen LogP contribution >= 0.6 is 0 Å². The smallest absolute Gasteiger partial charge is 0.153 e. The minimum absolute atomic E-state index is 0.459. The van der Waals surface area contributed by atoms with Crippen molar-refractivity contribution in [2.45, 2.75) is 63.8 Å². The largest absolute Gasteiger partial charge is 0.298 e. The van der Waals surface area contributed by atoms with Gasteiger partial charge in [0, 0.05) is 12.1 Å². The fourth-order valence-corrected chi connectivity index (χ4v) is 3.21. The lowest BCUT2D eigenvalue weighted by atomic mass is 9.86. The molecule has 0 bridgehead atoms. The zero-order valence-corrected chi connectivity index (χ0v) is 11.1. The maximum atomic E-state index is 11.2. The van der Waals surface area contributed by atoms with Gasteiger partial charge in [0.25, 0.3) is 0 Å². The van der Waals surface area contributed by atoms with E-state index in [1.54, 1.807) is 0 Å². The lowest BCUT2D eigenvalue weighted by molar-refractivity contribution is 0.112. The van der Waals surface area contributed by atoms with E-state index in [-0.39, 0.29) is 0 Å². The molecule has 2 aliphatic rings. The minimum Gasteiger partial charge on any atom is -0.298 e. The fraction of sp³-hybridized carbons (Fsp3) is 0.733. The fourth-order valence-electron chi connectivity index (χ4n) is 3.21. The van der Waals surface area contributed by atoms with E-state index in [2.05, 4.69) is 6.92 Å². The Labute approximate surface area is 109 Å². The quantitative estimate of drug-likeness (QED) is 0.759. The Morgan fingerprint density at radius 3 is 2.61 bits per heavy atom. The van der Waals surface area contributed by atoms with E-state index in [1.807, 2.05) is 10.9 Å². The van der Waals surface area contributed by atoms with E-state index in [9.17, 15) is 4.79 Å². The second kappa shape index (κ2) is 4.87. The zero-order chi connectivity index (χ0) is 12.5. The van der Waals surface area contributed by atoms with E-state index in [1.165, 1.54) is 44.9 Å². The van der Waals surface area contributed by atoms with Crippen molar-refractivity contribution in [3.05, 3.63) is 17.5 Å². The first-order chi connectivity index (χ1) is 8.79. The summed E-state index contributed by atoms with van der Waals surface area (Å²) < 4.78 is 2.05. The predicted molar refractivity (Wildman–Crippen MR) is 70.9 cm³/mol. The van der Waals surface area contributed by atoms with Crippen molar-refractivity contribution in [3.63, 3.8) is 0 Å². The molecule has 0 spiro atoms. The summed E-state index contributed by atoms with van der Waals surface area (Å²) in [5.41, 5.74) is 1.90. The average Bonchev–Trinajstić information content (AvgIpc) is 3.17. The summed E-state index contributed by atoms with van der Waals surface area (Å²) in [5.74, 6) is 1.30. The lowest BCUT2D eigenvalue weighted by Gasteiger charge is -2.20. The first-order valence-electron chi connectivity index (χ1n) is 7.34. The van der Waals surface area contributed by atoms with Gasteiger partial charge in [-0.15, -0.1) is 0 Å². The van der Waals surface area contributed by atoms with Gasteiger partial charge in [-0.1, -0.05) is 19.3 Å². The molecule has 1 atom stereocenters. The SMILES string of the molecule is CC(C1CC1)n1cc(C=O)c(C2CCCCC2)n1. The highest BCUT2D eigenvalue weighted by atomic mass is 16.1. The maximum absolute atomic E-state index is 11.2. The summed E-state index contributed by atoms with van der Waals surface area (Å²) in [4.78, 5) is 11.2. The number of aldehydes is 1. The first-order valence-corrected chi connectivity index (χ1v) is 7.34. The molecule has 3 nitrogen and oxygen atoms in total. The number of hydrogen-bond donors (Lipinski definition) is 0. The molecule has 1 heterocycles. The standard InChI is InChI=1S/C15H22N2O/c1-11(12-7-8-12)17-9-14(10-18)15(16-17)13-5-3-2-4-6-13/h9-13H,2-8H2,1H3. The van der Waals surface area contributed by atoms with Gasteiger partial charge >= 0.3 is 0 Å². The van der Waals surface area contributed by atoms with Crippen molar-refractivity contribution in [3.8, 4) is 0 Å². The van der Waals surface area contributed by atoms with Gasteiger partial charge in [0.15, 0.2) is 6.29 Å². The molecule has 2 aliphatic carbocycles. The molecule has 0 N–H and O–H groups in total. The van der Waals surface area contributed by atoms with E-state index in [4.69, 9.17) is 5.10 Å². The lowest BCUT2D eigenvalue weighted by Crippen LogP contribution is -2.10. The first kappa shape index (κ1) is 11.9. The molecule has 0 saturated heterocycles. The van der Waals surface area contributed by atoms with Crippen LogP contribution < -0.4 is 0 Å². The Morgan fingerprint density at radius 2 is 2.00 bits per heavy atom. The van der Waals surface area contributed by atoms with Gasteiger partial charge < -0.3 is 0 Å². The van der Waals surface area contributed by atoms with Gasteiger partial charge in [-0.2, -0.15) is 5.10 Å². The van der Waals surface area contributed by atoms with Crippen molar-refractivity contribution in [2.24, 2.45) is 5.92 Å². The van der Waals surface area contributed by atoms with Crippen LogP contribution in [0.2, 0.25) is 0 Å². The maximum Gasteiger partial charge on any atom is 0.153 e. The van der Waals surface area contributed by atoms with Crippen molar-refractivity contribution < 1.29 is 4.79 Å². The van der Waals surface area contributed by atoms with Crippen LogP contribution in [0, 0.1) is 5.92 Å². The van der Waals surface area contributed by atoms with Crippen LogP contribution in [-0.4, -0.2) is 16.1 Å². The number of aromatic nitrogens is 2. The summed E-state index contributed by atoms with van der Waals surface area (Å²) in [6, 6.07) is 0.459. The molecule has 98 valence electrons. The van der Waals surface area contributed by atoms with E-state index in [0.717, 1.165) is 23.5 Å². The predicted octanol–water partition coefficient (Wildman–Crippen LogP) is 3.71. The molecule has 1 aromatic heterocycles. The average molecular weight is 246 g/mol. The van der Waals surface area contributed by atoms with Gasteiger partial charge in [-0.3, -0.25) is 9.48 Å². The van der Waals surface area contributed by atoms with Crippen LogP contribution in [0.3, 0.4) is 0 Å². The Hall–Kier alpha value is -1.12. The molecular formula is C15H22N2O.